The van der Waals surface area contributed by atoms with Crippen molar-refractivity contribution < 1.29 is 14.6 Å². The van der Waals surface area contributed by atoms with Gasteiger partial charge in [0.15, 0.2) is 5.78 Å². The van der Waals surface area contributed by atoms with Gasteiger partial charge < -0.3 is 0 Å². The summed E-state index contributed by atoms with van der Waals surface area (Å²) in [4.78, 5) is 20.7. The first kappa shape index (κ1) is 10.2. The first-order valence-electron chi connectivity index (χ1n) is 4.48. The summed E-state index contributed by atoms with van der Waals surface area (Å²) in [5.41, 5.74) is 0.821. The van der Waals surface area contributed by atoms with Gasteiger partial charge in [-0.05, 0) is 25.3 Å². The normalized spacial score (nSPS) is 15.6. The molecule has 0 fully saturated rings. The number of hydrogen-bond donors (Lipinski definition) is 0. The van der Waals surface area contributed by atoms with Crippen LogP contribution in [0.4, 0.5) is 0 Å². The molecule has 0 spiro atoms. The number of ketones is 1. The van der Waals surface area contributed by atoms with Gasteiger partial charge in [-0.1, -0.05) is 18.2 Å². The molecule has 1 aliphatic rings. The third kappa shape index (κ3) is 3.53. The van der Waals surface area contributed by atoms with Gasteiger partial charge in [-0.25, -0.2) is 9.78 Å². The van der Waals surface area contributed by atoms with E-state index < -0.39 is 0 Å². The van der Waals surface area contributed by atoms with Crippen molar-refractivity contribution in [3.8, 4) is 0 Å². The first-order valence-corrected chi connectivity index (χ1v) is 4.48. The number of hydrogen-bond acceptors (Lipinski definition) is 3. The van der Waals surface area contributed by atoms with E-state index in [9.17, 15) is 4.79 Å². The quantitative estimate of drug-likeness (QED) is 0.369. The van der Waals surface area contributed by atoms with Gasteiger partial charge in [0.25, 0.3) is 0 Å². The van der Waals surface area contributed by atoms with Gasteiger partial charge in [0.1, 0.15) is 6.61 Å². The molecule has 0 saturated heterocycles. The average Bonchev–Trinajstić information content (AvgIpc) is 2.19. The Balaban J connectivity index is 2.30. The maximum Gasteiger partial charge on any atom is 0.187 e. The van der Waals surface area contributed by atoms with E-state index in [0.29, 0.717) is 6.61 Å². The van der Waals surface area contributed by atoms with Crippen molar-refractivity contribution in [1.82, 2.24) is 0 Å². The monoisotopic (exact) mass is 182 g/mol. The van der Waals surface area contributed by atoms with Gasteiger partial charge >= 0.3 is 0 Å². The molecule has 0 heterocycles. The second kappa shape index (κ2) is 5.67. The molecule has 0 aliphatic heterocycles. The molecule has 0 aromatic carbocycles. The van der Waals surface area contributed by atoms with Crippen LogP contribution < -0.4 is 0 Å². The van der Waals surface area contributed by atoms with Crippen LogP contribution in [0.3, 0.4) is 0 Å². The van der Waals surface area contributed by atoms with E-state index in [4.69, 9.17) is 0 Å². The van der Waals surface area contributed by atoms with Gasteiger partial charge in [0, 0.05) is 0 Å². The third-order valence-corrected chi connectivity index (χ3v) is 1.76. The average molecular weight is 182 g/mol. The van der Waals surface area contributed by atoms with Crippen molar-refractivity contribution in [1.29, 1.82) is 0 Å². The summed E-state index contributed by atoms with van der Waals surface area (Å²) in [6.07, 6.45) is 7.52. The molecule has 0 atom stereocenters. The molecule has 1 rings (SSSR count). The molecule has 0 bridgehead atoms. The molecule has 0 unspecified atom stereocenters. The minimum absolute atomic E-state index is 0.0119. The fourth-order valence-electron chi connectivity index (χ4n) is 1.11. The molecular formula is C10H14O3. The molecule has 0 amide bonds. The molecule has 72 valence electrons. The Kier molecular flexibility index (Phi) is 4.43. The summed E-state index contributed by atoms with van der Waals surface area (Å²) >= 11 is 0. The summed E-state index contributed by atoms with van der Waals surface area (Å²) in [6, 6.07) is 0. The lowest BCUT2D eigenvalue weighted by Gasteiger charge is -2.07. The SMILES string of the molecule is CCOOCC(=O)C1=CC=CCC1. The molecule has 3 heteroatoms. The number of carbonyl (C=O) groups is 1. The first-order chi connectivity index (χ1) is 6.34. The Morgan fingerprint density at radius 2 is 2.38 bits per heavy atom. The van der Waals surface area contributed by atoms with Crippen LogP contribution in [0.2, 0.25) is 0 Å². The fraction of sp³-hybridized carbons (Fsp3) is 0.500. The number of allylic oxidation sites excluding steroid dienone is 3. The number of carbonyl (C=O) groups excluding carboxylic acids is 1. The van der Waals surface area contributed by atoms with Crippen LogP contribution in [-0.4, -0.2) is 19.0 Å². The number of Topliss-reactive ketones (excluding diaryl/α,β-unsaturated/α-hetero) is 1. The van der Waals surface area contributed by atoms with Crippen LogP contribution in [0.1, 0.15) is 19.8 Å². The smallest absolute Gasteiger partial charge is 0.187 e. The van der Waals surface area contributed by atoms with E-state index >= 15 is 0 Å². The highest BCUT2D eigenvalue weighted by Crippen LogP contribution is 2.12. The lowest BCUT2D eigenvalue weighted by atomic mass is 10.0. The largest absolute Gasteiger partial charge is 0.292 e. The zero-order valence-corrected chi connectivity index (χ0v) is 7.79. The Labute approximate surface area is 78.0 Å². The minimum Gasteiger partial charge on any atom is -0.292 e. The Morgan fingerprint density at radius 1 is 1.54 bits per heavy atom. The van der Waals surface area contributed by atoms with Crippen molar-refractivity contribution >= 4 is 5.78 Å². The highest BCUT2D eigenvalue weighted by Gasteiger charge is 2.10. The summed E-state index contributed by atoms with van der Waals surface area (Å²) in [6.45, 7) is 2.30. The van der Waals surface area contributed by atoms with Crippen LogP contribution in [0.25, 0.3) is 0 Å². The third-order valence-electron chi connectivity index (χ3n) is 1.76. The molecular weight excluding hydrogens is 168 g/mol. The van der Waals surface area contributed by atoms with Crippen LogP contribution >= 0.6 is 0 Å². The molecule has 0 saturated carbocycles. The summed E-state index contributed by atoms with van der Waals surface area (Å²) in [7, 11) is 0. The Morgan fingerprint density at radius 3 is 3.00 bits per heavy atom. The van der Waals surface area contributed by atoms with E-state index in [1.54, 1.807) is 0 Å². The maximum atomic E-state index is 11.4. The minimum atomic E-state index is 0.0119. The predicted octanol–water partition coefficient (Wildman–Crippen LogP) is 1.80. The second-order valence-corrected chi connectivity index (χ2v) is 2.75. The highest BCUT2D eigenvalue weighted by atomic mass is 17.2. The van der Waals surface area contributed by atoms with E-state index in [-0.39, 0.29) is 12.4 Å². The lowest BCUT2D eigenvalue weighted by Crippen LogP contribution is -2.12. The lowest BCUT2D eigenvalue weighted by molar-refractivity contribution is -0.284. The zero-order chi connectivity index (χ0) is 9.52. The van der Waals surface area contributed by atoms with Crippen molar-refractivity contribution in [2.45, 2.75) is 19.8 Å². The fourth-order valence-corrected chi connectivity index (χ4v) is 1.11. The second-order valence-electron chi connectivity index (χ2n) is 2.75. The molecule has 0 aromatic rings. The topological polar surface area (TPSA) is 35.5 Å². The van der Waals surface area contributed by atoms with Crippen molar-refractivity contribution in [2.75, 3.05) is 13.2 Å². The summed E-state index contributed by atoms with van der Waals surface area (Å²) < 4.78 is 0. The summed E-state index contributed by atoms with van der Waals surface area (Å²) in [5.74, 6) is 0.0119. The van der Waals surface area contributed by atoms with E-state index in [1.165, 1.54) is 0 Å². The molecule has 0 N–H and O–H groups in total. The summed E-state index contributed by atoms with van der Waals surface area (Å²) in [5, 5.41) is 0. The van der Waals surface area contributed by atoms with Crippen molar-refractivity contribution in [3.05, 3.63) is 23.8 Å². The molecule has 0 radical (unpaired) electrons. The van der Waals surface area contributed by atoms with Gasteiger partial charge in [0.2, 0.25) is 0 Å². The van der Waals surface area contributed by atoms with Gasteiger partial charge in [-0.2, -0.15) is 0 Å². The van der Waals surface area contributed by atoms with Gasteiger partial charge in [0.05, 0.1) is 6.61 Å². The molecule has 0 aromatic heterocycles. The number of rotatable bonds is 5. The van der Waals surface area contributed by atoms with Crippen molar-refractivity contribution in [2.24, 2.45) is 0 Å². The molecule has 13 heavy (non-hydrogen) atoms. The Bertz CT molecular complexity index is 228. The van der Waals surface area contributed by atoms with E-state index in [2.05, 4.69) is 9.78 Å². The predicted molar refractivity (Wildman–Crippen MR) is 49.0 cm³/mol. The van der Waals surface area contributed by atoms with Gasteiger partial charge in [-0.15, -0.1) is 0 Å². The van der Waals surface area contributed by atoms with Crippen LogP contribution in [0.5, 0.6) is 0 Å². The standard InChI is InChI=1S/C10H14O3/c1-2-12-13-8-10(11)9-6-4-3-5-7-9/h3-4,6H,2,5,7-8H2,1H3. The maximum absolute atomic E-state index is 11.4. The van der Waals surface area contributed by atoms with Crippen LogP contribution in [0, 0.1) is 0 Å². The molecule has 3 nitrogen and oxygen atoms in total. The highest BCUT2D eigenvalue weighted by molar-refractivity contribution is 5.96. The van der Waals surface area contributed by atoms with E-state index in [1.807, 2.05) is 25.2 Å². The molecule has 1 aliphatic carbocycles. The van der Waals surface area contributed by atoms with Gasteiger partial charge in [-0.3, -0.25) is 4.79 Å². The van der Waals surface area contributed by atoms with Crippen LogP contribution in [-0.2, 0) is 14.6 Å². The Hall–Kier alpha value is -0.930. The zero-order valence-electron chi connectivity index (χ0n) is 7.79. The van der Waals surface area contributed by atoms with Crippen LogP contribution in [0.15, 0.2) is 23.8 Å². The van der Waals surface area contributed by atoms with Crippen molar-refractivity contribution in [3.63, 3.8) is 0 Å². The van der Waals surface area contributed by atoms with E-state index in [0.717, 1.165) is 18.4 Å².